The molecule has 0 amide bonds. The number of carbonyl (C=O) groups excluding carboxylic acids is 2. The third-order valence-electron chi connectivity index (χ3n) is 4.04. The van der Waals surface area contributed by atoms with Crippen LogP contribution in [0, 0.1) is 0 Å². The van der Waals surface area contributed by atoms with Gasteiger partial charge in [0, 0.05) is 13.8 Å². The smallest absolute Gasteiger partial charge is 0.303 e. The summed E-state index contributed by atoms with van der Waals surface area (Å²) in [4.78, 5) is 22.2. The van der Waals surface area contributed by atoms with Gasteiger partial charge in [-0.3, -0.25) is 9.59 Å². The standard InChI is InChI=1S/C18H28O5/c1-5-6-7-11-18(4)17(23-15(3)20)9-8-16(13-22-18)10-12-21-14(2)19/h5,10,17H,1,6-9,11-13H2,2-4H3/b16-10+/t17-,18+/m1/s1. The number of carbonyl (C=O) groups is 2. The Morgan fingerprint density at radius 1 is 1.39 bits per heavy atom. The van der Waals surface area contributed by atoms with Crippen LogP contribution >= 0.6 is 0 Å². The molecule has 1 aliphatic heterocycles. The number of ether oxygens (including phenoxy) is 3. The van der Waals surface area contributed by atoms with Gasteiger partial charge in [-0.15, -0.1) is 6.58 Å². The summed E-state index contributed by atoms with van der Waals surface area (Å²) in [7, 11) is 0. The average Bonchev–Trinajstić information content (AvgIpc) is 2.61. The predicted molar refractivity (Wildman–Crippen MR) is 87.9 cm³/mol. The molecule has 2 atom stereocenters. The van der Waals surface area contributed by atoms with Crippen LogP contribution in [0.25, 0.3) is 0 Å². The number of unbranched alkanes of at least 4 members (excludes halogenated alkanes) is 1. The van der Waals surface area contributed by atoms with Crippen molar-refractivity contribution in [2.24, 2.45) is 0 Å². The van der Waals surface area contributed by atoms with Gasteiger partial charge in [-0.1, -0.05) is 6.08 Å². The third kappa shape index (κ3) is 6.99. The molecule has 0 aromatic rings. The van der Waals surface area contributed by atoms with E-state index in [4.69, 9.17) is 14.2 Å². The maximum absolute atomic E-state index is 11.4. The fraction of sp³-hybridized carbons (Fsp3) is 0.667. The van der Waals surface area contributed by atoms with Crippen LogP contribution in [0.1, 0.15) is 52.9 Å². The molecule has 130 valence electrons. The maximum atomic E-state index is 11.4. The molecule has 5 nitrogen and oxygen atoms in total. The molecule has 1 aliphatic rings. The Hall–Kier alpha value is -1.62. The number of rotatable bonds is 7. The summed E-state index contributed by atoms with van der Waals surface area (Å²) >= 11 is 0. The Bertz CT molecular complexity index is 454. The fourth-order valence-electron chi connectivity index (χ4n) is 2.70. The number of hydrogen-bond donors (Lipinski definition) is 0. The minimum atomic E-state index is -0.508. The van der Waals surface area contributed by atoms with Gasteiger partial charge in [0.25, 0.3) is 0 Å². The van der Waals surface area contributed by atoms with Crippen molar-refractivity contribution in [1.29, 1.82) is 0 Å². The Balaban J connectivity index is 2.75. The molecule has 0 N–H and O–H groups in total. The SMILES string of the molecule is C=CCCC[C@]1(C)OC/C(=C/COC(C)=O)CC[C@H]1OC(C)=O. The van der Waals surface area contributed by atoms with Crippen LogP contribution in [-0.4, -0.2) is 36.9 Å². The van der Waals surface area contributed by atoms with Gasteiger partial charge < -0.3 is 14.2 Å². The lowest BCUT2D eigenvalue weighted by Crippen LogP contribution is -2.43. The highest BCUT2D eigenvalue weighted by Crippen LogP contribution is 2.33. The van der Waals surface area contributed by atoms with E-state index in [1.165, 1.54) is 13.8 Å². The molecule has 0 bridgehead atoms. The van der Waals surface area contributed by atoms with Crippen molar-refractivity contribution in [1.82, 2.24) is 0 Å². The molecule has 0 aromatic carbocycles. The average molecular weight is 324 g/mol. The summed E-state index contributed by atoms with van der Waals surface area (Å²) in [6.07, 6.45) is 7.59. The van der Waals surface area contributed by atoms with E-state index in [1.807, 2.05) is 19.1 Å². The van der Waals surface area contributed by atoms with E-state index in [9.17, 15) is 9.59 Å². The molecule has 0 saturated carbocycles. The van der Waals surface area contributed by atoms with Crippen LogP contribution in [0.2, 0.25) is 0 Å². The molecule has 1 saturated heterocycles. The fourth-order valence-corrected chi connectivity index (χ4v) is 2.70. The van der Waals surface area contributed by atoms with Gasteiger partial charge in [-0.05, 0) is 50.7 Å². The zero-order valence-corrected chi connectivity index (χ0v) is 14.4. The second-order valence-electron chi connectivity index (χ2n) is 6.08. The summed E-state index contributed by atoms with van der Waals surface area (Å²) in [6, 6.07) is 0. The first-order valence-corrected chi connectivity index (χ1v) is 8.10. The number of hydrogen-bond acceptors (Lipinski definition) is 5. The Labute approximate surface area is 138 Å². The first-order valence-electron chi connectivity index (χ1n) is 8.10. The van der Waals surface area contributed by atoms with Gasteiger partial charge in [0.1, 0.15) is 18.3 Å². The van der Waals surface area contributed by atoms with Gasteiger partial charge in [0.15, 0.2) is 0 Å². The second kappa shape index (κ2) is 9.50. The molecule has 1 heterocycles. The van der Waals surface area contributed by atoms with Crippen LogP contribution in [0.3, 0.4) is 0 Å². The van der Waals surface area contributed by atoms with E-state index in [0.717, 1.165) is 31.3 Å². The minimum Gasteiger partial charge on any atom is -0.462 e. The lowest BCUT2D eigenvalue weighted by Gasteiger charge is -2.35. The zero-order chi connectivity index (χ0) is 17.3. The lowest BCUT2D eigenvalue weighted by atomic mass is 9.89. The summed E-state index contributed by atoms with van der Waals surface area (Å²) < 4.78 is 16.5. The van der Waals surface area contributed by atoms with Crippen molar-refractivity contribution in [3.8, 4) is 0 Å². The molecule has 1 rings (SSSR count). The highest BCUT2D eigenvalue weighted by atomic mass is 16.6. The largest absolute Gasteiger partial charge is 0.462 e. The van der Waals surface area contributed by atoms with Crippen molar-refractivity contribution in [3.63, 3.8) is 0 Å². The summed E-state index contributed by atoms with van der Waals surface area (Å²) in [6.45, 7) is 9.25. The number of allylic oxidation sites excluding steroid dienone is 1. The first kappa shape index (κ1) is 19.4. The van der Waals surface area contributed by atoms with Gasteiger partial charge in [-0.2, -0.15) is 0 Å². The van der Waals surface area contributed by atoms with Crippen molar-refractivity contribution < 1.29 is 23.8 Å². The van der Waals surface area contributed by atoms with Crippen LogP contribution in [0.4, 0.5) is 0 Å². The molecule has 1 fully saturated rings. The van der Waals surface area contributed by atoms with E-state index in [-0.39, 0.29) is 24.6 Å². The Kier molecular flexibility index (Phi) is 8.03. The normalized spacial score (nSPS) is 26.4. The molecular formula is C18H28O5. The van der Waals surface area contributed by atoms with Crippen LogP contribution < -0.4 is 0 Å². The van der Waals surface area contributed by atoms with E-state index in [0.29, 0.717) is 13.0 Å². The Morgan fingerprint density at radius 2 is 2.13 bits per heavy atom. The summed E-state index contributed by atoms with van der Waals surface area (Å²) in [5, 5.41) is 0. The summed E-state index contributed by atoms with van der Waals surface area (Å²) in [5.41, 5.74) is 0.557. The molecule has 0 radical (unpaired) electrons. The zero-order valence-electron chi connectivity index (χ0n) is 14.4. The van der Waals surface area contributed by atoms with Crippen molar-refractivity contribution >= 4 is 11.9 Å². The van der Waals surface area contributed by atoms with Gasteiger partial charge in [-0.25, -0.2) is 0 Å². The van der Waals surface area contributed by atoms with E-state index >= 15 is 0 Å². The van der Waals surface area contributed by atoms with Crippen molar-refractivity contribution in [2.45, 2.75) is 64.6 Å². The number of esters is 2. The Morgan fingerprint density at radius 3 is 2.74 bits per heavy atom. The monoisotopic (exact) mass is 324 g/mol. The molecular weight excluding hydrogens is 296 g/mol. The van der Waals surface area contributed by atoms with E-state index in [1.54, 1.807) is 0 Å². The van der Waals surface area contributed by atoms with Gasteiger partial charge in [0.05, 0.1) is 6.61 Å². The third-order valence-corrected chi connectivity index (χ3v) is 4.04. The van der Waals surface area contributed by atoms with Gasteiger partial charge in [0.2, 0.25) is 0 Å². The quantitative estimate of drug-likeness (QED) is 0.408. The molecule has 0 unspecified atom stereocenters. The molecule has 0 spiro atoms. The van der Waals surface area contributed by atoms with Crippen molar-refractivity contribution in [2.75, 3.05) is 13.2 Å². The van der Waals surface area contributed by atoms with Crippen LogP contribution in [-0.2, 0) is 23.8 Å². The van der Waals surface area contributed by atoms with Crippen LogP contribution in [0.15, 0.2) is 24.3 Å². The molecule has 0 aromatic heterocycles. The minimum absolute atomic E-state index is 0.249. The lowest BCUT2D eigenvalue weighted by molar-refractivity contribution is -0.167. The second-order valence-corrected chi connectivity index (χ2v) is 6.08. The molecule has 0 aliphatic carbocycles. The van der Waals surface area contributed by atoms with Crippen molar-refractivity contribution in [3.05, 3.63) is 24.3 Å². The van der Waals surface area contributed by atoms with Gasteiger partial charge >= 0.3 is 11.9 Å². The van der Waals surface area contributed by atoms with Crippen LogP contribution in [0.5, 0.6) is 0 Å². The maximum Gasteiger partial charge on any atom is 0.303 e. The first-order chi connectivity index (χ1) is 10.9. The molecule has 23 heavy (non-hydrogen) atoms. The van der Waals surface area contributed by atoms with E-state index < -0.39 is 5.60 Å². The topological polar surface area (TPSA) is 61.8 Å². The highest BCUT2D eigenvalue weighted by Gasteiger charge is 2.39. The summed E-state index contributed by atoms with van der Waals surface area (Å²) in [5.74, 6) is -0.593. The predicted octanol–water partition coefficient (Wildman–Crippen LogP) is 3.33. The van der Waals surface area contributed by atoms with E-state index in [2.05, 4.69) is 6.58 Å². The molecule has 5 heteroatoms. The highest BCUT2D eigenvalue weighted by molar-refractivity contribution is 5.66.